The van der Waals surface area contributed by atoms with Crippen molar-refractivity contribution in [3.8, 4) is 5.75 Å². The number of hydrogen-bond acceptors (Lipinski definition) is 4. The summed E-state index contributed by atoms with van der Waals surface area (Å²) < 4.78 is 12.2. The van der Waals surface area contributed by atoms with Gasteiger partial charge >= 0.3 is 5.63 Å². The second-order valence-corrected chi connectivity index (χ2v) is 10.3. The van der Waals surface area contributed by atoms with Crippen LogP contribution in [-0.2, 0) is 13.0 Å². The van der Waals surface area contributed by atoms with Crippen LogP contribution in [0, 0.1) is 6.92 Å². The summed E-state index contributed by atoms with van der Waals surface area (Å²) in [5.74, 6) is 0.768. The van der Waals surface area contributed by atoms with Crippen molar-refractivity contribution < 1.29 is 9.15 Å². The molecule has 0 fully saturated rings. The molecule has 5 aromatic rings. The summed E-state index contributed by atoms with van der Waals surface area (Å²) in [5.41, 5.74) is 6.17. The van der Waals surface area contributed by atoms with Crippen LogP contribution in [0.2, 0.25) is 5.02 Å². The minimum Gasteiger partial charge on any atom is -0.476 e. The van der Waals surface area contributed by atoms with Crippen molar-refractivity contribution in [2.24, 2.45) is 0 Å². The summed E-state index contributed by atoms with van der Waals surface area (Å²) in [6.45, 7) is 3.70. The van der Waals surface area contributed by atoms with Crippen LogP contribution >= 0.6 is 11.6 Å². The molecule has 5 heteroatoms. The van der Waals surface area contributed by atoms with Gasteiger partial charge in [-0.3, -0.25) is 4.90 Å². The third-order valence-corrected chi connectivity index (χ3v) is 7.70. The van der Waals surface area contributed by atoms with Crippen LogP contribution in [0.1, 0.15) is 39.3 Å². The monoisotopic (exact) mass is 521 g/mol. The molecule has 6 rings (SSSR count). The minimum atomic E-state index is -0.313. The maximum absolute atomic E-state index is 13.2. The fraction of sp³-hybridized carbons (Fsp3) is 0.182. The molecule has 0 saturated heterocycles. The lowest BCUT2D eigenvalue weighted by molar-refractivity contribution is 0.0926. The molecule has 0 aliphatic carbocycles. The van der Waals surface area contributed by atoms with Crippen LogP contribution in [0.5, 0.6) is 5.75 Å². The van der Waals surface area contributed by atoms with E-state index in [1.165, 1.54) is 11.1 Å². The predicted molar refractivity (Wildman–Crippen MR) is 152 cm³/mol. The SMILES string of the molecule is Cc1c(Cc2ccccc2)c(=O)oc2c3c(c(Cl)cc12)OCN(CC(c1ccccc1)c1ccccc1)C3. The second-order valence-electron chi connectivity index (χ2n) is 9.86. The lowest BCUT2D eigenvalue weighted by Crippen LogP contribution is -2.36. The third-order valence-electron chi connectivity index (χ3n) is 7.42. The molecule has 0 unspecified atom stereocenters. The summed E-state index contributed by atoms with van der Waals surface area (Å²) in [5, 5.41) is 1.39. The van der Waals surface area contributed by atoms with E-state index < -0.39 is 0 Å². The molecule has 0 bridgehead atoms. The van der Waals surface area contributed by atoms with Gasteiger partial charge in [0, 0.05) is 36.4 Å². The van der Waals surface area contributed by atoms with Crippen LogP contribution in [0.25, 0.3) is 11.0 Å². The Bertz CT molecular complexity index is 1590. The number of halogens is 1. The van der Waals surface area contributed by atoms with E-state index in [1.807, 2.05) is 55.5 Å². The summed E-state index contributed by atoms with van der Waals surface area (Å²) in [6, 6.07) is 32.9. The highest BCUT2D eigenvalue weighted by Crippen LogP contribution is 2.40. The molecule has 0 saturated carbocycles. The Morgan fingerprint density at radius 1 is 0.895 bits per heavy atom. The van der Waals surface area contributed by atoms with Crippen molar-refractivity contribution >= 4 is 22.6 Å². The summed E-state index contributed by atoms with van der Waals surface area (Å²) >= 11 is 6.73. The lowest BCUT2D eigenvalue weighted by Gasteiger charge is -2.33. The first-order valence-electron chi connectivity index (χ1n) is 12.8. The molecule has 0 amide bonds. The van der Waals surface area contributed by atoms with E-state index in [2.05, 4.69) is 53.4 Å². The van der Waals surface area contributed by atoms with Crippen molar-refractivity contribution in [2.45, 2.75) is 25.8 Å². The number of aryl methyl sites for hydroxylation is 1. The normalized spacial score (nSPS) is 13.4. The molecule has 0 spiro atoms. The summed E-state index contributed by atoms with van der Waals surface area (Å²) in [4.78, 5) is 15.5. The molecule has 2 heterocycles. The Morgan fingerprint density at radius 2 is 1.50 bits per heavy atom. The van der Waals surface area contributed by atoms with Gasteiger partial charge in [-0.05, 0) is 35.2 Å². The fourth-order valence-electron chi connectivity index (χ4n) is 5.41. The van der Waals surface area contributed by atoms with Crippen LogP contribution in [0.4, 0.5) is 0 Å². The van der Waals surface area contributed by atoms with E-state index in [4.69, 9.17) is 20.8 Å². The largest absolute Gasteiger partial charge is 0.476 e. The maximum Gasteiger partial charge on any atom is 0.340 e. The Morgan fingerprint density at radius 3 is 2.13 bits per heavy atom. The summed E-state index contributed by atoms with van der Waals surface area (Å²) in [6.07, 6.45) is 0.512. The van der Waals surface area contributed by atoms with E-state index in [0.717, 1.165) is 28.6 Å². The highest BCUT2D eigenvalue weighted by atomic mass is 35.5. The van der Waals surface area contributed by atoms with E-state index in [0.29, 0.717) is 41.6 Å². The number of fused-ring (bicyclic) bond motifs is 3. The molecule has 0 N–H and O–H groups in total. The Kier molecular flexibility index (Phi) is 6.75. The zero-order valence-corrected chi connectivity index (χ0v) is 21.9. The van der Waals surface area contributed by atoms with Gasteiger partial charge in [0.25, 0.3) is 0 Å². The molecule has 0 radical (unpaired) electrons. The molecule has 1 aromatic heterocycles. The number of ether oxygens (including phenoxy) is 1. The zero-order chi connectivity index (χ0) is 26.1. The number of benzene rings is 4. The van der Waals surface area contributed by atoms with E-state index in [1.54, 1.807) is 0 Å². The first kappa shape index (κ1) is 24.5. The number of hydrogen-bond donors (Lipinski definition) is 0. The topological polar surface area (TPSA) is 42.7 Å². The van der Waals surface area contributed by atoms with Gasteiger partial charge in [0.2, 0.25) is 0 Å². The van der Waals surface area contributed by atoms with Gasteiger partial charge in [-0.15, -0.1) is 0 Å². The molecule has 1 aliphatic heterocycles. The van der Waals surface area contributed by atoms with Gasteiger partial charge < -0.3 is 9.15 Å². The Labute approximate surface area is 227 Å². The standard InChI is InChI=1S/C33H28ClNO3/c1-22-26-18-30(34)32-29(31(26)38-33(36)27(22)17-23-11-5-2-6-12-23)20-35(21-37-32)19-28(24-13-7-3-8-14-24)25-15-9-4-10-16-25/h2-16,18,28H,17,19-21H2,1H3. The van der Waals surface area contributed by atoms with Gasteiger partial charge in [0.05, 0.1) is 10.6 Å². The highest BCUT2D eigenvalue weighted by Gasteiger charge is 2.28. The third kappa shape index (κ3) is 4.73. The van der Waals surface area contributed by atoms with Crippen molar-refractivity contribution in [2.75, 3.05) is 13.3 Å². The molecule has 190 valence electrons. The first-order valence-corrected chi connectivity index (χ1v) is 13.2. The van der Waals surface area contributed by atoms with Crippen LogP contribution < -0.4 is 10.4 Å². The predicted octanol–water partition coefficient (Wildman–Crippen LogP) is 7.33. The molecule has 4 nitrogen and oxygen atoms in total. The molecule has 4 aromatic carbocycles. The smallest absolute Gasteiger partial charge is 0.340 e. The molecule has 1 aliphatic rings. The van der Waals surface area contributed by atoms with Gasteiger partial charge in [0.15, 0.2) is 0 Å². The Balaban J connectivity index is 1.37. The number of nitrogens with zero attached hydrogens (tertiary/aromatic N) is 1. The van der Waals surface area contributed by atoms with Gasteiger partial charge in [0.1, 0.15) is 18.1 Å². The number of rotatable bonds is 6. The zero-order valence-electron chi connectivity index (χ0n) is 21.2. The van der Waals surface area contributed by atoms with Gasteiger partial charge in [-0.1, -0.05) is 103 Å². The molecule has 38 heavy (non-hydrogen) atoms. The first-order chi connectivity index (χ1) is 18.6. The second kappa shape index (κ2) is 10.5. The Hall–Kier alpha value is -3.86. The lowest BCUT2D eigenvalue weighted by atomic mass is 9.90. The van der Waals surface area contributed by atoms with Crippen molar-refractivity contribution in [3.63, 3.8) is 0 Å². The van der Waals surface area contributed by atoms with Gasteiger partial charge in [-0.25, -0.2) is 4.79 Å². The van der Waals surface area contributed by atoms with E-state index >= 15 is 0 Å². The maximum atomic E-state index is 13.2. The van der Waals surface area contributed by atoms with E-state index in [-0.39, 0.29) is 11.5 Å². The quantitative estimate of drug-likeness (QED) is 0.219. The van der Waals surface area contributed by atoms with Crippen LogP contribution in [-0.4, -0.2) is 18.2 Å². The minimum absolute atomic E-state index is 0.166. The van der Waals surface area contributed by atoms with Crippen molar-refractivity contribution in [1.29, 1.82) is 0 Å². The average molecular weight is 522 g/mol. The van der Waals surface area contributed by atoms with Crippen LogP contribution in [0.15, 0.2) is 106 Å². The van der Waals surface area contributed by atoms with E-state index in [9.17, 15) is 4.79 Å². The van der Waals surface area contributed by atoms with Crippen LogP contribution in [0.3, 0.4) is 0 Å². The molecular weight excluding hydrogens is 494 g/mol. The molecule has 0 atom stereocenters. The van der Waals surface area contributed by atoms with Crippen molar-refractivity contribution in [1.82, 2.24) is 4.90 Å². The fourth-order valence-corrected chi connectivity index (χ4v) is 5.69. The average Bonchev–Trinajstić information content (AvgIpc) is 2.96. The summed E-state index contributed by atoms with van der Waals surface area (Å²) in [7, 11) is 0. The molecular formula is C33H28ClNO3. The highest BCUT2D eigenvalue weighted by molar-refractivity contribution is 6.33. The van der Waals surface area contributed by atoms with Gasteiger partial charge in [-0.2, -0.15) is 0 Å². The van der Waals surface area contributed by atoms with Crippen molar-refractivity contribution in [3.05, 3.63) is 146 Å².